The van der Waals surface area contributed by atoms with Crippen molar-refractivity contribution in [2.24, 2.45) is 0 Å². The van der Waals surface area contributed by atoms with E-state index in [-0.39, 0.29) is 6.54 Å². The number of rotatable bonds is 3. The van der Waals surface area contributed by atoms with Crippen LogP contribution in [0.25, 0.3) is 0 Å². The second-order valence-electron chi connectivity index (χ2n) is 3.20. The number of carbonyl (C=O) groups is 1. The van der Waals surface area contributed by atoms with Crippen molar-refractivity contribution in [3.05, 3.63) is 34.6 Å². The minimum absolute atomic E-state index is 0.0678. The van der Waals surface area contributed by atoms with Crippen molar-refractivity contribution in [2.45, 2.75) is 13.3 Å². The zero-order chi connectivity index (χ0) is 13.2. The van der Waals surface area contributed by atoms with Gasteiger partial charge in [-0.1, -0.05) is 6.92 Å². The Morgan fingerprint density at radius 1 is 0.941 bits per heavy atom. The number of carbonyl (C=O) groups excluding carboxylic acids is 1. The first-order valence-electron chi connectivity index (χ1n) is 4.71. The lowest BCUT2D eigenvalue weighted by Gasteiger charge is -2.08. The van der Waals surface area contributed by atoms with Crippen molar-refractivity contribution in [1.82, 2.24) is 5.32 Å². The Balaban J connectivity index is 3.29. The number of amides is 1. The van der Waals surface area contributed by atoms with E-state index in [4.69, 9.17) is 0 Å². The number of nitrogens with one attached hydrogen (secondary N) is 1. The Hall–Kier alpha value is -1.66. The molecular weight excluding hydrogens is 245 g/mol. The Bertz CT molecular complexity index is 431. The van der Waals surface area contributed by atoms with E-state index in [1.807, 2.05) is 5.32 Å². The normalized spacial score (nSPS) is 10.5. The summed E-state index contributed by atoms with van der Waals surface area (Å²) < 4.78 is 64.3. The van der Waals surface area contributed by atoms with Crippen LogP contribution in [-0.4, -0.2) is 12.5 Å². The molecule has 0 aromatic heterocycles. The van der Waals surface area contributed by atoms with Gasteiger partial charge in [0.15, 0.2) is 23.3 Å². The van der Waals surface area contributed by atoms with Crippen LogP contribution in [0.4, 0.5) is 22.0 Å². The summed E-state index contributed by atoms with van der Waals surface area (Å²) in [5.74, 6) is -12.1. The highest BCUT2D eigenvalue weighted by molar-refractivity contribution is 5.94. The van der Waals surface area contributed by atoms with Crippen molar-refractivity contribution in [1.29, 1.82) is 0 Å². The lowest BCUT2D eigenvalue weighted by atomic mass is 10.1. The van der Waals surface area contributed by atoms with E-state index in [0.717, 1.165) is 0 Å². The zero-order valence-corrected chi connectivity index (χ0v) is 8.71. The third kappa shape index (κ3) is 2.37. The van der Waals surface area contributed by atoms with Crippen LogP contribution in [0.2, 0.25) is 0 Å². The molecule has 1 aromatic rings. The van der Waals surface area contributed by atoms with E-state index in [1.165, 1.54) is 0 Å². The van der Waals surface area contributed by atoms with E-state index in [1.54, 1.807) is 6.92 Å². The van der Waals surface area contributed by atoms with Crippen molar-refractivity contribution in [3.63, 3.8) is 0 Å². The fourth-order valence-corrected chi connectivity index (χ4v) is 1.13. The lowest BCUT2D eigenvalue weighted by molar-refractivity contribution is 0.0942. The molecule has 0 atom stereocenters. The van der Waals surface area contributed by atoms with Gasteiger partial charge in [0.05, 0.1) is 0 Å². The molecular formula is C10H8F5NO. The smallest absolute Gasteiger partial charge is 0.257 e. The fourth-order valence-electron chi connectivity index (χ4n) is 1.13. The molecule has 2 nitrogen and oxygen atoms in total. The molecule has 0 radical (unpaired) electrons. The van der Waals surface area contributed by atoms with Crippen LogP contribution in [-0.2, 0) is 0 Å². The molecule has 0 fully saturated rings. The quantitative estimate of drug-likeness (QED) is 0.500. The van der Waals surface area contributed by atoms with Crippen molar-refractivity contribution < 1.29 is 26.7 Å². The second-order valence-corrected chi connectivity index (χ2v) is 3.20. The molecule has 17 heavy (non-hydrogen) atoms. The first-order valence-corrected chi connectivity index (χ1v) is 4.71. The van der Waals surface area contributed by atoms with Gasteiger partial charge in [0.2, 0.25) is 5.82 Å². The molecule has 1 aromatic carbocycles. The van der Waals surface area contributed by atoms with Crippen LogP contribution >= 0.6 is 0 Å². The summed E-state index contributed by atoms with van der Waals surface area (Å²) in [4.78, 5) is 11.2. The van der Waals surface area contributed by atoms with Crippen molar-refractivity contribution >= 4 is 5.91 Å². The topological polar surface area (TPSA) is 29.1 Å². The zero-order valence-electron chi connectivity index (χ0n) is 8.71. The van der Waals surface area contributed by atoms with Gasteiger partial charge in [-0.3, -0.25) is 4.79 Å². The Kier molecular flexibility index (Phi) is 4.03. The van der Waals surface area contributed by atoms with E-state index in [2.05, 4.69) is 0 Å². The molecule has 1 rings (SSSR count). The summed E-state index contributed by atoms with van der Waals surface area (Å²) in [5, 5.41) is 2.03. The van der Waals surface area contributed by atoms with Gasteiger partial charge in [-0.15, -0.1) is 0 Å². The van der Waals surface area contributed by atoms with Crippen LogP contribution in [0.3, 0.4) is 0 Å². The van der Waals surface area contributed by atoms with Gasteiger partial charge in [-0.25, -0.2) is 22.0 Å². The molecule has 7 heteroatoms. The Labute approximate surface area is 93.4 Å². The van der Waals surface area contributed by atoms with Crippen LogP contribution in [0.1, 0.15) is 23.7 Å². The highest BCUT2D eigenvalue weighted by atomic mass is 19.2. The maximum atomic E-state index is 13.1. The van der Waals surface area contributed by atoms with Gasteiger partial charge in [0.25, 0.3) is 5.91 Å². The SMILES string of the molecule is CCCNC(=O)c1c(F)c(F)c(F)c(F)c1F. The van der Waals surface area contributed by atoms with Gasteiger partial charge in [0, 0.05) is 6.54 Å². The fraction of sp³-hybridized carbons (Fsp3) is 0.300. The van der Waals surface area contributed by atoms with Crippen LogP contribution in [0.5, 0.6) is 0 Å². The van der Waals surface area contributed by atoms with Crippen LogP contribution in [0.15, 0.2) is 0 Å². The summed E-state index contributed by atoms with van der Waals surface area (Å²) in [6, 6.07) is 0. The summed E-state index contributed by atoms with van der Waals surface area (Å²) in [6.07, 6.45) is 0.459. The van der Waals surface area contributed by atoms with Gasteiger partial charge in [-0.2, -0.15) is 0 Å². The highest BCUT2D eigenvalue weighted by Crippen LogP contribution is 2.22. The third-order valence-electron chi connectivity index (χ3n) is 1.97. The van der Waals surface area contributed by atoms with Crippen LogP contribution in [0, 0.1) is 29.1 Å². The van der Waals surface area contributed by atoms with Crippen LogP contribution < -0.4 is 5.32 Å². The minimum atomic E-state index is -2.29. The largest absolute Gasteiger partial charge is 0.352 e. The predicted octanol–water partition coefficient (Wildman–Crippen LogP) is 2.52. The van der Waals surface area contributed by atoms with Crippen molar-refractivity contribution in [3.8, 4) is 0 Å². The van der Waals surface area contributed by atoms with Gasteiger partial charge in [0.1, 0.15) is 5.56 Å². The molecule has 0 aliphatic heterocycles. The molecule has 0 heterocycles. The molecule has 1 amide bonds. The van der Waals surface area contributed by atoms with Gasteiger partial charge in [-0.05, 0) is 6.42 Å². The van der Waals surface area contributed by atoms with Gasteiger partial charge < -0.3 is 5.32 Å². The number of halogens is 5. The van der Waals surface area contributed by atoms with E-state index < -0.39 is 40.6 Å². The molecule has 0 spiro atoms. The summed E-state index contributed by atoms with van der Waals surface area (Å²) >= 11 is 0. The Morgan fingerprint density at radius 3 is 1.76 bits per heavy atom. The molecule has 0 saturated heterocycles. The van der Waals surface area contributed by atoms with Crippen molar-refractivity contribution in [2.75, 3.05) is 6.54 Å². The molecule has 94 valence electrons. The Morgan fingerprint density at radius 2 is 1.35 bits per heavy atom. The standard InChI is InChI=1S/C10H8F5NO/c1-2-3-16-10(17)4-5(11)7(13)9(15)8(14)6(4)12/h2-3H2,1H3,(H,16,17). The number of hydrogen-bond acceptors (Lipinski definition) is 1. The molecule has 0 unspecified atom stereocenters. The highest BCUT2D eigenvalue weighted by Gasteiger charge is 2.29. The molecule has 0 saturated carbocycles. The average Bonchev–Trinajstić information content (AvgIpc) is 2.31. The predicted molar refractivity (Wildman–Crippen MR) is 48.9 cm³/mol. The third-order valence-corrected chi connectivity index (χ3v) is 1.97. The second kappa shape index (κ2) is 5.11. The molecule has 1 N–H and O–H groups in total. The minimum Gasteiger partial charge on any atom is -0.352 e. The van der Waals surface area contributed by atoms with E-state index in [0.29, 0.717) is 6.42 Å². The molecule has 0 aliphatic carbocycles. The van der Waals surface area contributed by atoms with E-state index >= 15 is 0 Å². The maximum Gasteiger partial charge on any atom is 0.257 e. The van der Waals surface area contributed by atoms with Gasteiger partial charge >= 0.3 is 0 Å². The molecule has 0 aliphatic rings. The monoisotopic (exact) mass is 253 g/mol. The molecule has 0 bridgehead atoms. The summed E-state index contributed by atoms with van der Waals surface area (Å²) in [6.45, 7) is 1.73. The number of hydrogen-bond donors (Lipinski definition) is 1. The summed E-state index contributed by atoms with van der Waals surface area (Å²) in [7, 11) is 0. The van der Waals surface area contributed by atoms with E-state index in [9.17, 15) is 26.7 Å². The summed E-state index contributed by atoms with van der Waals surface area (Å²) in [5.41, 5.74) is -1.46. The number of benzene rings is 1. The maximum absolute atomic E-state index is 13.1. The first kappa shape index (κ1) is 13.4. The lowest BCUT2D eigenvalue weighted by Crippen LogP contribution is -2.27. The average molecular weight is 253 g/mol. The first-order chi connectivity index (χ1) is 7.91.